The van der Waals surface area contributed by atoms with Crippen molar-refractivity contribution < 1.29 is 28.7 Å². The van der Waals surface area contributed by atoms with Gasteiger partial charge in [0.25, 0.3) is 11.8 Å². The van der Waals surface area contributed by atoms with Gasteiger partial charge in [0.05, 0.1) is 13.0 Å². The predicted molar refractivity (Wildman–Crippen MR) is 85.1 cm³/mol. The maximum Gasteiger partial charge on any atom is 0.416 e. The number of hydrogen-bond acceptors (Lipinski definition) is 6. The van der Waals surface area contributed by atoms with Crippen LogP contribution in [0.2, 0.25) is 0 Å². The van der Waals surface area contributed by atoms with E-state index in [9.17, 15) is 19.2 Å². The van der Waals surface area contributed by atoms with Gasteiger partial charge in [0.2, 0.25) is 0 Å². The number of cyclic esters (lactones) is 1. The van der Waals surface area contributed by atoms with E-state index in [0.717, 1.165) is 9.37 Å². The highest BCUT2D eigenvalue weighted by molar-refractivity contribution is 9.10. The molecule has 0 saturated carbocycles. The highest BCUT2D eigenvalue weighted by Crippen LogP contribution is 2.10. The van der Waals surface area contributed by atoms with Crippen LogP contribution in [0.4, 0.5) is 4.79 Å². The molecule has 9 heteroatoms. The Labute approximate surface area is 146 Å². The zero-order valence-electron chi connectivity index (χ0n) is 12.6. The fraction of sp³-hybridized carbons (Fsp3) is 0.333. The molecule has 0 spiro atoms. The SMILES string of the molecule is O=C(CCNC(=O)c1ccc(Br)cc1)OCC(=O)N1CCOC1=O. The van der Waals surface area contributed by atoms with Crippen molar-refractivity contribution in [1.82, 2.24) is 10.2 Å². The van der Waals surface area contributed by atoms with Crippen LogP contribution in [0.5, 0.6) is 0 Å². The fourth-order valence-corrected chi connectivity index (χ4v) is 2.16. The van der Waals surface area contributed by atoms with Gasteiger partial charge in [0, 0.05) is 16.6 Å². The van der Waals surface area contributed by atoms with E-state index in [0.29, 0.717) is 5.56 Å². The second-order valence-corrected chi connectivity index (χ2v) is 5.75. The van der Waals surface area contributed by atoms with Crippen LogP contribution in [-0.4, -0.2) is 55.1 Å². The zero-order valence-corrected chi connectivity index (χ0v) is 14.2. The molecule has 1 saturated heterocycles. The second kappa shape index (κ2) is 8.44. The Morgan fingerprint density at radius 3 is 2.58 bits per heavy atom. The number of halogens is 1. The number of hydrogen-bond donors (Lipinski definition) is 1. The molecule has 1 aromatic carbocycles. The third kappa shape index (κ3) is 5.05. The lowest BCUT2D eigenvalue weighted by atomic mass is 10.2. The minimum absolute atomic E-state index is 0.0771. The summed E-state index contributed by atoms with van der Waals surface area (Å²) in [5.41, 5.74) is 0.467. The normalized spacial score (nSPS) is 13.4. The number of ether oxygens (including phenoxy) is 2. The number of nitrogens with zero attached hydrogens (tertiary/aromatic N) is 1. The average molecular weight is 399 g/mol. The Bertz CT molecular complexity index is 646. The minimum Gasteiger partial charge on any atom is -0.455 e. The van der Waals surface area contributed by atoms with Crippen LogP contribution in [0.25, 0.3) is 0 Å². The van der Waals surface area contributed by atoms with Crippen molar-refractivity contribution >= 4 is 39.8 Å². The average Bonchev–Trinajstić information content (AvgIpc) is 2.99. The van der Waals surface area contributed by atoms with Gasteiger partial charge in [0.1, 0.15) is 6.61 Å². The van der Waals surface area contributed by atoms with E-state index in [2.05, 4.69) is 26.0 Å². The second-order valence-electron chi connectivity index (χ2n) is 4.83. The first kappa shape index (κ1) is 17.9. The summed E-state index contributed by atoms with van der Waals surface area (Å²) >= 11 is 3.27. The molecule has 128 valence electrons. The smallest absolute Gasteiger partial charge is 0.416 e. The van der Waals surface area contributed by atoms with E-state index in [4.69, 9.17) is 4.74 Å². The Morgan fingerprint density at radius 2 is 1.96 bits per heavy atom. The van der Waals surface area contributed by atoms with Gasteiger partial charge >= 0.3 is 12.1 Å². The van der Waals surface area contributed by atoms with Crippen LogP contribution >= 0.6 is 15.9 Å². The molecule has 0 unspecified atom stereocenters. The molecule has 3 amide bonds. The van der Waals surface area contributed by atoms with Gasteiger partial charge in [0.15, 0.2) is 6.61 Å². The highest BCUT2D eigenvalue weighted by atomic mass is 79.9. The predicted octanol–water partition coefficient (Wildman–Crippen LogP) is 1.09. The zero-order chi connectivity index (χ0) is 17.5. The van der Waals surface area contributed by atoms with Crippen LogP contribution < -0.4 is 5.32 Å². The molecule has 1 aromatic rings. The van der Waals surface area contributed by atoms with Crippen molar-refractivity contribution in [2.75, 3.05) is 26.3 Å². The first-order chi connectivity index (χ1) is 11.5. The number of rotatable bonds is 6. The van der Waals surface area contributed by atoms with Crippen LogP contribution in [0.3, 0.4) is 0 Å². The summed E-state index contributed by atoms with van der Waals surface area (Å²) in [6.07, 6.45) is -0.821. The maximum absolute atomic E-state index is 11.8. The lowest BCUT2D eigenvalue weighted by molar-refractivity contribution is -0.150. The summed E-state index contributed by atoms with van der Waals surface area (Å²) in [4.78, 5) is 47.0. The number of amides is 3. The van der Waals surface area contributed by atoms with Crippen molar-refractivity contribution in [2.24, 2.45) is 0 Å². The van der Waals surface area contributed by atoms with Crippen molar-refractivity contribution in [3.05, 3.63) is 34.3 Å². The quantitative estimate of drug-likeness (QED) is 0.719. The Hall–Kier alpha value is -2.42. The third-order valence-corrected chi connectivity index (χ3v) is 3.67. The molecular weight excluding hydrogens is 384 g/mol. The van der Waals surface area contributed by atoms with Gasteiger partial charge in [-0.05, 0) is 24.3 Å². The molecule has 2 rings (SSSR count). The van der Waals surface area contributed by atoms with Gasteiger partial charge in [-0.2, -0.15) is 0 Å². The molecule has 0 atom stereocenters. The van der Waals surface area contributed by atoms with Gasteiger partial charge < -0.3 is 14.8 Å². The molecule has 1 aliphatic heterocycles. The van der Waals surface area contributed by atoms with Crippen LogP contribution in [0.1, 0.15) is 16.8 Å². The molecule has 0 aliphatic carbocycles. The number of benzene rings is 1. The largest absolute Gasteiger partial charge is 0.455 e. The minimum atomic E-state index is -0.738. The van der Waals surface area contributed by atoms with E-state index in [1.165, 1.54) is 0 Å². The lowest BCUT2D eigenvalue weighted by Crippen LogP contribution is -2.35. The van der Waals surface area contributed by atoms with E-state index < -0.39 is 24.6 Å². The molecule has 0 bridgehead atoms. The Balaban J connectivity index is 1.66. The summed E-state index contributed by atoms with van der Waals surface area (Å²) in [5.74, 6) is -1.59. The van der Waals surface area contributed by atoms with Gasteiger partial charge in [-0.3, -0.25) is 14.4 Å². The number of nitrogens with one attached hydrogen (secondary N) is 1. The van der Waals surface area contributed by atoms with Crippen molar-refractivity contribution in [3.63, 3.8) is 0 Å². The molecule has 24 heavy (non-hydrogen) atoms. The molecule has 1 aliphatic rings. The molecule has 8 nitrogen and oxygen atoms in total. The number of carbonyl (C=O) groups excluding carboxylic acids is 4. The summed E-state index contributed by atoms with van der Waals surface area (Å²) in [7, 11) is 0. The monoisotopic (exact) mass is 398 g/mol. The fourth-order valence-electron chi connectivity index (χ4n) is 1.89. The molecule has 0 radical (unpaired) electrons. The Kier molecular flexibility index (Phi) is 6.30. The maximum atomic E-state index is 11.8. The molecule has 1 fully saturated rings. The van der Waals surface area contributed by atoms with Crippen LogP contribution in [0, 0.1) is 0 Å². The van der Waals surface area contributed by atoms with Crippen LogP contribution in [-0.2, 0) is 19.1 Å². The standard InChI is InChI=1S/C15H15BrN2O6/c16-11-3-1-10(2-4-11)14(21)17-6-5-13(20)24-9-12(19)18-7-8-23-15(18)22/h1-4H,5-9H2,(H,17,21). The third-order valence-electron chi connectivity index (χ3n) is 3.14. The van der Waals surface area contributed by atoms with Gasteiger partial charge in [-0.25, -0.2) is 9.69 Å². The van der Waals surface area contributed by atoms with E-state index in [1.54, 1.807) is 24.3 Å². The Morgan fingerprint density at radius 1 is 1.25 bits per heavy atom. The van der Waals surface area contributed by atoms with E-state index in [1.807, 2.05) is 0 Å². The number of imide groups is 1. The topological polar surface area (TPSA) is 102 Å². The van der Waals surface area contributed by atoms with Gasteiger partial charge in [-0.15, -0.1) is 0 Å². The van der Waals surface area contributed by atoms with Gasteiger partial charge in [-0.1, -0.05) is 15.9 Å². The summed E-state index contributed by atoms with van der Waals surface area (Å²) in [6, 6.07) is 6.76. The number of carbonyl (C=O) groups is 4. The van der Waals surface area contributed by atoms with Crippen molar-refractivity contribution in [1.29, 1.82) is 0 Å². The summed E-state index contributed by atoms with van der Waals surface area (Å²) < 4.78 is 10.2. The van der Waals surface area contributed by atoms with Crippen LogP contribution in [0.15, 0.2) is 28.7 Å². The first-order valence-electron chi connectivity index (χ1n) is 7.14. The first-order valence-corrected chi connectivity index (χ1v) is 7.93. The molecule has 0 aromatic heterocycles. The van der Waals surface area contributed by atoms with E-state index in [-0.39, 0.29) is 32.0 Å². The van der Waals surface area contributed by atoms with Crippen molar-refractivity contribution in [3.8, 4) is 0 Å². The summed E-state index contributed by atoms with van der Waals surface area (Å²) in [6.45, 7) is -0.165. The molecule has 1 N–H and O–H groups in total. The highest BCUT2D eigenvalue weighted by Gasteiger charge is 2.28. The van der Waals surface area contributed by atoms with E-state index >= 15 is 0 Å². The molecular formula is C15H15BrN2O6. The van der Waals surface area contributed by atoms with Crippen molar-refractivity contribution in [2.45, 2.75) is 6.42 Å². The molecule has 1 heterocycles. The number of esters is 1. The lowest BCUT2D eigenvalue weighted by Gasteiger charge is -2.11. The summed E-state index contributed by atoms with van der Waals surface area (Å²) in [5, 5.41) is 2.57.